The number of aromatic hydroxyl groups is 1. The molecule has 3 aliphatic rings. The Labute approximate surface area is 198 Å². The predicted octanol–water partition coefficient (Wildman–Crippen LogP) is 2.79. The molecule has 2 fully saturated rings. The van der Waals surface area contributed by atoms with Gasteiger partial charge in [-0.1, -0.05) is 40.7 Å². The lowest BCUT2D eigenvalue weighted by Crippen LogP contribution is -2.77. The SMILES string of the molecule is CCC(=O)C1C(=O)C(C(C)C)[C@@]2(C)C[C@@]3(C)Cc4c(C)ccc(O)c4C(=O)C3C(=O)[C@@]2(O)C1=O. The number of benzene rings is 1. The summed E-state index contributed by atoms with van der Waals surface area (Å²) < 4.78 is 0. The monoisotopic (exact) mass is 468 g/mol. The van der Waals surface area contributed by atoms with E-state index < -0.39 is 63.1 Å². The Morgan fingerprint density at radius 3 is 2.29 bits per heavy atom. The number of aliphatic hydroxyl groups is 1. The van der Waals surface area contributed by atoms with Crippen LogP contribution >= 0.6 is 0 Å². The summed E-state index contributed by atoms with van der Waals surface area (Å²) in [4.78, 5) is 67.6. The molecule has 4 rings (SSSR count). The highest BCUT2D eigenvalue weighted by atomic mass is 16.3. The van der Waals surface area contributed by atoms with Crippen LogP contribution in [0.25, 0.3) is 0 Å². The number of phenols is 1. The van der Waals surface area contributed by atoms with Crippen LogP contribution in [-0.4, -0.2) is 44.7 Å². The number of hydrogen-bond donors (Lipinski definition) is 2. The Bertz CT molecular complexity index is 1160. The first kappa shape index (κ1) is 24.5. The summed E-state index contributed by atoms with van der Waals surface area (Å²) in [5, 5.41) is 22.4. The summed E-state index contributed by atoms with van der Waals surface area (Å²) in [5.41, 5.74) is -3.63. The number of rotatable bonds is 3. The average Bonchev–Trinajstić information content (AvgIpc) is 2.73. The van der Waals surface area contributed by atoms with Crippen molar-refractivity contribution in [1.29, 1.82) is 0 Å². The second-order valence-corrected chi connectivity index (χ2v) is 11.3. The summed E-state index contributed by atoms with van der Waals surface area (Å²) in [6, 6.07) is 3.11. The molecule has 182 valence electrons. The van der Waals surface area contributed by atoms with Crippen LogP contribution in [0.15, 0.2) is 12.1 Å². The van der Waals surface area contributed by atoms with Crippen LogP contribution in [0, 0.1) is 41.4 Å². The van der Waals surface area contributed by atoms with Crippen LogP contribution < -0.4 is 0 Å². The topological polar surface area (TPSA) is 126 Å². The third-order valence-corrected chi connectivity index (χ3v) is 8.76. The maximum absolute atomic E-state index is 14.1. The van der Waals surface area contributed by atoms with Crippen molar-refractivity contribution in [2.24, 2.45) is 34.5 Å². The molecule has 3 aliphatic carbocycles. The molecule has 2 N–H and O–H groups in total. The number of carbonyl (C=O) groups excluding carboxylic acids is 5. The number of Topliss-reactive ketones (excluding diaryl/α,β-unsaturated/α-hetero) is 5. The molecule has 34 heavy (non-hydrogen) atoms. The fourth-order valence-corrected chi connectivity index (χ4v) is 7.41. The number of aryl methyl sites for hydroxylation is 1. The molecule has 0 spiro atoms. The summed E-state index contributed by atoms with van der Waals surface area (Å²) >= 11 is 0. The molecule has 0 aromatic heterocycles. The van der Waals surface area contributed by atoms with Gasteiger partial charge >= 0.3 is 0 Å². The van der Waals surface area contributed by atoms with Gasteiger partial charge in [-0.05, 0) is 48.3 Å². The van der Waals surface area contributed by atoms with Crippen LogP contribution in [0.5, 0.6) is 5.75 Å². The molecule has 7 heteroatoms. The second-order valence-electron chi connectivity index (χ2n) is 11.3. The fraction of sp³-hybridized carbons (Fsp3) is 0.593. The standard InChI is InChI=1S/C27H32O7/c1-7-15(28)18-22(31)19(12(2)3)26(6)11-25(5)10-14-13(4)8-9-16(29)17(14)21(30)20(25)24(33)27(26,34)23(18)32/h8-9,12,18-20,29,34H,7,10-11H2,1-6H3/t18?,19?,20?,25-,26-,27+/m1/s1. The smallest absolute Gasteiger partial charge is 0.190 e. The van der Waals surface area contributed by atoms with Gasteiger partial charge in [0.1, 0.15) is 11.7 Å². The molecule has 0 heterocycles. The third-order valence-electron chi connectivity index (χ3n) is 8.76. The van der Waals surface area contributed by atoms with Crippen molar-refractivity contribution in [2.75, 3.05) is 0 Å². The van der Waals surface area contributed by atoms with E-state index >= 15 is 0 Å². The normalized spacial score (nSPS) is 37.4. The molecule has 6 atom stereocenters. The number of ketones is 5. The summed E-state index contributed by atoms with van der Waals surface area (Å²) in [6.07, 6.45) is 0.260. The second kappa shape index (κ2) is 7.41. The van der Waals surface area contributed by atoms with Gasteiger partial charge in [0.25, 0.3) is 0 Å². The van der Waals surface area contributed by atoms with Crippen molar-refractivity contribution in [2.45, 2.75) is 66.4 Å². The number of hydrogen-bond acceptors (Lipinski definition) is 7. The molecule has 0 aliphatic heterocycles. The molecule has 3 unspecified atom stereocenters. The van der Waals surface area contributed by atoms with E-state index in [0.717, 1.165) is 5.56 Å². The first-order chi connectivity index (χ1) is 15.7. The lowest BCUT2D eigenvalue weighted by atomic mass is 9.39. The molecule has 1 aromatic rings. The minimum atomic E-state index is -2.65. The Kier molecular flexibility index (Phi) is 5.33. The molecule has 0 bridgehead atoms. The van der Waals surface area contributed by atoms with Gasteiger partial charge in [-0.3, -0.25) is 24.0 Å². The molecule has 0 radical (unpaired) electrons. The van der Waals surface area contributed by atoms with E-state index in [1.54, 1.807) is 33.8 Å². The van der Waals surface area contributed by atoms with Crippen molar-refractivity contribution in [1.82, 2.24) is 0 Å². The molecule has 2 saturated carbocycles. The third kappa shape index (κ3) is 2.76. The maximum atomic E-state index is 14.1. The van der Waals surface area contributed by atoms with Crippen molar-refractivity contribution in [3.8, 4) is 5.75 Å². The lowest BCUT2D eigenvalue weighted by molar-refractivity contribution is -0.205. The number of phenolic OH excluding ortho intramolecular Hbond substituents is 1. The Balaban J connectivity index is 1.99. The van der Waals surface area contributed by atoms with Crippen LogP contribution in [0.3, 0.4) is 0 Å². The molecular formula is C27H32O7. The van der Waals surface area contributed by atoms with Crippen molar-refractivity contribution < 1.29 is 34.2 Å². The zero-order valence-electron chi connectivity index (χ0n) is 20.5. The van der Waals surface area contributed by atoms with Crippen LogP contribution in [0.2, 0.25) is 0 Å². The Morgan fingerprint density at radius 1 is 1.12 bits per heavy atom. The van der Waals surface area contributed by atoms with Crippen LogP contribution in [-0.2, 0) is 25.6 Å². The highest BCUT2D eigenvalue weighted by Gasteiger charge is 2.76. The Hall–Kier alpha value is -2.67. The van der Waals surface area contributed by atoms with Crippen molar-refractivity contribution in [3.63, 3.8) is 0 Å². The van der Waals surface area contributed by atoms with Gasteiger partial charge in [0.05, 0.1) is 11.5 Å². The summed E-state index contributed by atoms with van der Waals surface area (Å²) in [5.74, 6) is -8.48. The molecular weight excluding hydrogens is 436 g/mol. The zero-order valence-corrected chi connectivity index (χ0v) is 20.5. The summed E-state index contributed by atoms with van der Waals surface area (Å²) in [6.45, 7) is 10.3. The molecule has 0 saturated heterocycles. The van der Waals surface area contributed by atoms with Gasteiger partial charge in [-0.15, -0.1) is 0 Å². The van der Waals surface area contributed by atoms with Gasteiger partial charge < -0.3 is 10.2 Å². The Morgan fingerprint density at radius 2 is 1.74 bits per heavy atom. The first-order valence-electron chi connectivity index (χ1n) is 11.9. The minimum Gasteiger partial charge on any atom is -0.507 e. The van der Waals surface area contributed by atoms with E-state index in [0.29, 0.717) is 5.56 Å². The van der Waals surface area contributed by atoms with Crippen LogP contribution in [0.4, 0.5) is 0 Å². The largest absolute Gasteiger partial charge is 0.507 e. The van der Waals surface area contributed by atoms with Gasteiger partial charge in [0, 0.05) is 17.8 Å². The van der Waals surface area contributed by atoms with Gasteiger partial charge in [-0.25, -0.2) is 0 Å². The lowest BCUT2D eigenvalue weighted by Gasteiger charge is -2.62. The average molecular weight is 469 g/mol. The van der Waals surface area contributed by atoms with E-state index in [4.69, 9.17) is 0 Å². The van der Waals surface area contributed by atoms with E-state index in [2.05, 4.69) is 0 Å². The van der Waals surface area contributed by atoms with Gasteiger partial charge in [0.15, 0.2) is 34.5 Å². The van der Waals surface area contributed by atoms with E-state index in [9.17, 15) is 34.2 Å². The van der Waals surface area contributed by atoms with Gasteiger partial charge in [-0.2, -0.15) is 0 Å². The quantitative estimate of drug-likeness (QED) is 0.653. The van der Waals surface area contributed by atoms with E-state index in [1.165, 1.54) is 13.0 Å². The zero-order chi connectivity index (χ0) is 25.5. The van der Waals surface area contributed by atoms with E-state index in [-0.39, 0.29) is 36.5 Å². The van der Waals surface area contributed by atoms with Crippen LogP contribution in [0.1, 0.15) is 68.9 Å². The molecule has 1 aromatic carbocycles. The fourth-order valence-electron chi connectivity index (χ4n) is 7.41. The minimum absolute atomic E-state index is 0.0453. The summed E-state index contributed by atoms with van der Waals surface area (Å²) in [7, 11) is 0. The molecule has 0 amide bonds. The predicted molar refractivity (Wildman–Crippen MR) is 122 cm³/mol. The van der Waals surface area contributed by atoms with Crippen molar-refractivity contribution >= 4 is 28.9 Å². The highest BCUT2D eigenvalue weighted by molar-refractivity contribution is 6.32. The highest BCUT2D eigenvalue weighted by Crippen LogP contribution is 2.63. The van der Waals surface area contributed by atoms with Crippen molar-refractivity contribution in [3.05, 3.63) is 28.8 Å². The first-order valence-corrected chi connectivity index (χ1v) is 11.9. The maximum Gasteiger partial charge on any atom is 0.190 e. The number of carbonyl (C=O) groups is 5. The van der Waals surface area contributed by atoms with E-state index in [1.807, 2.05) is 6.92 Å². The molecule has 7 nitrogen and oxygen atoms in total. The van der Waals surface area contributed by atoms with Gasteiger partial charge in [0.2, 0.25) is 0 Å². The number of fused-ring (bicyclic) bond motifs is 3.